The van der Waals surface area contributed by atoms with E-state index in [2.05, 4.69) is 0 Å². The Morgan fingerprint density at radius 1 is 1.23 bits per heavy atom. The fraction of sp³-hybridized carbons (Fsp3) is 0.800. The highest BCUT2D eigenvalue weighted by molar-refractivity contribution is 7.95. The predicted octanol–water partition coefficient (Wildman–Crippen LogP) is 0.820. The third-order valence-corrected chi connectivity index (χ3v) is 8.83. The fourth-order valence-corrected chi connectivity index (χ4v) is 7.21. The third-order valence-electron chi connectivity index (χ3n) is 6.49. The average molecular weight is 464 g/mol. The lowest BCUT2D eigenvalue weighted by atomic mass is 9.72. The van der Waals surface area contributed by atoms with E-state index in [0.717, 1.165) is 6.08 Å². The van der Waals surface area contributed by atoms with Gasteiger partial charge >= 0.3 is 0 Å². The molecule has 3 aliphatic rings. The monoisotopic (exact) mass is 463 g/mol. The van der Waals surface area contributed by atoms with Gasteiger partial charge in [0.25, 0.3) is 0 Å². The molecule has 170 valence electrons. The number of carbonyl (C=O) groups is 2. The zero-order valence-corrected chi connectivity index (χ0v) is 19.5. The maximum atomic E-state index is 13.8. The Kier molecular flexibility index (Phi) is 6.82. The van der Waals surface area contributed by atoms with Crippen LogP contribution in [0.2, 0.25) is 0 Å². The largest absolute Gasteiger partial charge is 0.380 e. The SMILES string of the molecule is COC1CC(OC)C2C(=O)[C@@]3(OC2C1Cl)C(S(=O)(=O)CCN(C)C)=CC(=O)C[C@H]3C. The molecule has 1 saturated carbocycles. The molecule has 1 spiro atoms. The van der Waals surface area contributed by atoms with Crippen molar-refractivity contribution in [1.82, 2.24) is 4.90 Å². The van der Waals surface area contributed by atoms with E-state index in [4.69, 9.17) is 25.8 Å². The minimum atomic E-state index is -3.93. The van der Waals surface area contributed by atoms with E-state index in [-0.39, 0.29) is 35.2 Å². The van der Waals surface area contributed by atoms with Crippen LogP contribution in [0.4, 0.5) is 0 Å². The lowest BCUT2D eigenvalue weighted by Crippen LogP contribution is -2.53. The molecule has 1 aliphatic heterocycles. The molecule has 30 heavy (non-hydrogen) atoms. The molecule has 8 nitrogen and oxygen atoms in total. The highest BCUT2D eigenvalue weighted by Gasteiger charge is 2.67. The summed E-state index contributed by atoms with van der Waals surface area (Å²) in [6, 6.07) is 0. The molecule has 0 bridgehead atoms. The number of hydrogen-bond acceptors (Lipinski definition) is 8. The molecule has 1 heterocycles. The van der Waals surface area contributed by atoms with Gasteiger partial charge in [0.05, 0.1) is 40.3 Å². The van der Waals surface area contributed by atoms with Gasteiger partial charge in [-0.3, -0.25) is 9.59 Å². The van der Waals surface area contributed by atoms with E-state index < -0.39 is 51.0 Å². The molecule has 7 atom stereocenters. The van der Waals surface area contributed by atoms with Crippen molar-refractivity contribution in [2.45, 2.75) is 49.1 Å². The van der Waals surface area contributed by atoms with Crippen molar-refractivity contribution in [2.24, 2.45) is 11.8 Å². The summed E-state index contributed by atoms with van der Waals surface area (Å²) in [5, 5.41) is -0.648. The molecule has 0 amide bonds. The van der Waals surface area contributed by atoms with Gasteiger partial charge in [-0.25, -0.2) is 8.42 Å². The Labute approximate surface area is 182 Å². The van der Waals surface area contributed by atoms with Gasteiger partial charge in [0.15, 0.2) is 27.0 Å². The van der Waals surface area contributed by atoms with Crippen LogP contribution in [0, 0.1) is 11.8 Å². The first-order valence-corrected chi connectivity index (χ1v) is 12.1. The number of hydrogen-bond donors (Lipinski definition) is 0. The van der Waals surface area contributed by atoms with Gasteiger partial charge in [-0.05, 0) is 20.2 Å². The normalized spacial score (nSPS) is 39.5. The highest BCUT2D eigenvalue weighted by Crippen LogP contribution is 2.52. The molecular weight excluding hydrogens is 434 g/mol. The molecule has 10 heteroatoms. The first-order valence-electron chi connectivity index (χ1n) is 10.0. The number of methoxy groups -OCH3 is 2. The van der Waals surface area contributed by atoms with E-state index in [1.54, 1.807) is 25.9 Å². The number of ether oxygens (including phenoxy) is 3. The van der Waals surface area contributed by atoms with Gasteiger partial charge in [0.1, 0.15) is 0 Å². The second kappa shape index (κ2) is 8.60. The number of Topliss-reactive ketones (excluding diaryl/α,β-unsaturated/α-hetero) is 1. The summed E-state index contributed by atoms with van der Waals surface area (Å²) in [4.78, 5) is 27.6. The zero-order valence-electron chi connectivity index (χ0n) is 18.0. The van der Waals surface area contributed by atoms with Crippen LogP contribution in [0.1, 0.15) is 19.8 Å². The summed E-state index contributed by atoms with van der Waals surface area (Å²) >= 11 is 6.61. The van der Waals surface area contributed by atoms with Gasteiger partial charge in [-0.2, -0.15) is 0 Å². The average Bonchev–Trinajstić information content (AvgIpc) is 2.98. The zero-order chi connectivity index (χ0) is 22.4. The van der Waals surface area contributed by atoms with Crippen LogP contribution in [0.15, 0.2) is 11.0 Å². The van der Waals surface area contributed by atoms with Crippen molar-refractivity contribution in [3.05, 3.63) is 11.0 Å². The molecule has 5 unspecified atom stereocenters. The van der Waals surface area contributed by atoms with E-state index >= 15 is 0 Å². The summed E-state index contributed by atoms with van der Waals surface area (Å²) in [5.74, 6) is -2.30. The van der Waals surface area contributed by atoms with E-state index in [9.17, 15) is 18.0 Å². The standard InChI is InChI=1S/C20H30ClNO7S/c1-11-8-12(23)9-15(30(25,26)7-6-22(2)3)20(11)19(24)16-13(27-4)10-14(28-5)17(21)18(16)29-20/h9,11,13-14,16-18H,6-8,10H2,1-5H3/t11-,13?,14?,16?,17?,18?,20+/m1/s1. The van der Waals surface area contributed by atoms with E-state index in [1.807, 2.05) is 0 Å². The molecule has 0 N–H and O–H groups in total. The predicted molar refractivity (Wildman–Crippen MR) is 111 cm³/mol. The lowest BCUT2D eigenvalue weighted by Gasteiger charge is -2.39. The number of carbonyl (C=O) groups excluding carboxylic acids is 2. The quantitative estimate of drug-likeness (QED) is 0.534. The lowest BCUT2D eigenvalue weighted by molar-refractivity contribution is -0.137. The minimum absolute atomic E-state index is 0.0240. The van der Waals surface area contributed by atoms with Crippen LogP contribution >= 0.6 is 11.6 Å². The summed E-state index contributed by atoms with van der Waals surface area (Å²) < 4.78 is 43.9. The number of alkyl halides is 1. The molecule has 0 aromatic rings. The Morgan fingerprint density at radius 3 is 2.43 bits per heavy atom. The second-order valence-corrected chi connectivity index (χ2v) is 11.2. The second-order valence-electron chi connectivity index (χ2n) is 8.64. The number of rotatable bonds is 6. The van der Waals surface area contributed by atoms with Crippen molar-refractivity contribution < 1.29 is 32.2 Å². The minimum Gasteiger partial charge on any atom is -0.380 e. The summed E-state index contributed by atoms with van der Waals surface area (Å²) in [7, 11) is 2.60. The third kappa shape index (κ3) is 3.78. The van der Waals surface area contributed by atoms with Gasteiger partial charge in [0, 0.05) is 39.5 Å². The molecule has 1 saturated heterocycles. The van der Waals surface area contributed by atoms with E-state index in [0.29, 0.717) is 6.42 Å². The summed E-state index contributed by atoms with van der Waals surface area (Å²) in [6.07, 6.45) is -0.190. The number of nitrogens with zero attached hydrogens (tertiary/aromatic N) is 1. The van der Waals surface area contributed by atoms with Crippen molar-refractivity contribution in [2.75, 3.05) is 40.6 Å². The van der Waals surface area contributed by atoms with Crippen LogP contribution in [0.5, 0.6) is 0 Å². The molecule has 3 rings (SSSR count). The number of halogens is 1. The Bertz CT molecular complexity index is 842. The number of fused-ring (bicyclic) bond motifs is 1. The Balaban J connectivity index is 2.10. The van der Waals surface area contributed by atoms with Crippen molar-refractivity contribution >= 4 is 33.0 Å². The van der Waals surface area contributed by atoms with Crippen molar-refractivity contribution in [3.8, 4) is 0 Å². The fourth-order valence-electron chi connectivity index (χ4n) is 4.85. The molecule has 0 aromatic carbocycles. The number of allylic oxidation sites excluding steroid dienone is 1. The van der Waals surface area contributed by atoms with Crippen LogP contribution in [-0.2, 0) is 33.6 Å². The molecule has 0 aromatic heterocycles. The maximum Gasteiger partial charge on any atom is 0.179 e. The van der Waals surface area contributed by atoms with Crippen LogP contribution in [-0.4, -0.2) is 94.8 Å². The van der Waals surface area contributed by atoms with Gasteiger partial charge < -0.3 is 19.1 Å². The van der Waals surface area contributed by atoms with Crippen LogP contribution in [0.3, 0.4) is 0 Å². The maximum absolute atomic E-state index is 13.8. The smallest absolute Gasteiger partial charge is 0.179 e. The Hall–Kier alpha value is -0.840. The van der Waals surface area contributed by atoms with Gasteiger partial charge in [0.2, 0.25) is 0 Å². The molecule has 2 aliphatic carbocycles. The van der Waals surface area contributed by atoms with Gasteiger partial charge in [-0.1, -0.05) is 6.92 Å². The molecular formula is C20H30ClNO7S. The number of ketones is 2. The first-order chi connectivity index (χ1) is 14.0. The molecule has 2 fully saturated rings. The summed E-state index contributed by atoms with van der Waals surface area (Å²) in [5.41, 5.74) is -1.74. The van der Waals surface area contributed by atoms with Crippen molar-refractivity contribution in [1.29, 1.82) is 0 Å². The van der Waals surface area contributed by atoms with E-state index in [1.165, 1.54) is 14.2 Å². The topological polar surface area (TPSA) is 99.2 Å². The van der Waals surface area contributed by atoms with Crippen molar-refractivity contribution in [3.63, 3.8) is 0 Å². The van der Waals surface area contributed by atoms with Crippen LogP contribution < -0.4 is 0 Å². The first kappa shape index (κ1) is 23.8. The highest BCUT2D eigenvalue weighted by atomic mass is 35.5. The molecule has 0 radical (unpaired) electrons. The van der Waals surface area contributed by atoms with Gasteiger partial charge in [-0.15, -0.1) is 11.6 Å². The summed E-state index contributed by atoms with van der Waals surface area (Å²) in [6.45, 7) is 1.93. The van der Waals surface area contributed by atoms with Crippen LogP contribution in [0.25, 0.3) is 0 Å². The number of sulfone groups is 1. The Morgan fingerprint density at radius 2 is 1.87 bits per heavy atom.